The summed E-state index contributed by atoms with van der Waals surface area (Å²) < 4.78 is 12.9. The number of nitrogens with zero attached hydrogens (tertiary/aromatic N) is 3. The molecule has 3 N–H and O–H groups in total. The van der Waals surface area contributed by atoms with Crippen molar-refractivity contribution in [2.24, 2.45) is 5.73 Å². The largest absolute Gasteiger partial charge is 0.368 e. The van der Waals surface area contributed by atoms with Crippen molar-refractivity contribution in [1.29, 1.82) is 0 Å². The molecule has 108 valence electrons. The van der Waals surface area contributed by atoms with Crippen LogP contribution in [0.5, 0.6) is 0 Å². The normalized spacial score (nSPS) is 11.7. The summed E-state index contributed by atoms with van der Waals surface area (Å²) in [6.45, 7) is 0. The molecule has 0 saturated carbocycles. The van der Waals surface area contributed by atoms with Crippen LogP contribution in [0.15, 0.2) is 36.7 Å². The van der Waals surface area contributed by atoms with Crippen LogP contribution in [-0.2, 0) is 4.79 Å². The van der Waals surface area contributed by atoms with E-state index in [1.165, 1.54) is 24.3 Å². The van der Waals surface area contributed by atoms with Crippen molar-refractivity contribution in [3.63, 3.8) is 0 Å². The molecule has 0 aliphatic carbocycles. The predicted molar refractivity (Wildman–Crippen MR) is 70.6 cm³/mol. The van der Waals surface area contributed by atoms with Crippen molar-refractivity contribution in [3.05, 3.63) is 58.2 Å². The van der Waals surface area contributed by atoms with Crippen LogP contribution >= 0.6 is 0 Å². The summed E-state index contributed by atoms with van der Waals surface area (Å²) in [6, 6.07) is 4.17. The van der Waals surface area contributed by atoms with Crippen LogP contribution in [0.4, 0.5) is 16.0 Å². The highest BCUT2D eigenvalue weighted by Crippen LogP contribution is 2.18. The second kappa shape index (κ2) is 5.90. The number of halogens is 1. The van der Waals surface area contributed by atoms with Gasteiger partial charge >= 0.3 is 5.69 Å². The zero-order valence-corrected chi connectivity index (χ0v) is 10.6. The molecule has 0 bridgehead atoms. The number of amides is 1. The van der Waals surface area contributed by atoms with Gasteiger partial charge in [-0.1, -0.05) is 12.1 Å². The van der Waals surface area contributed by atoms with E-state index < -0.39 is 22.7 Å². The fraction of sp³-hybridized carbons (Fsp3) is 0.0833. The number of nitrogens with two attached hydrogens (primary N) is 1. The second-order valence-corrected chi connectivity index (χ2v) is 4.05. The molecule has 0 saturated heterocycles. The van der Waals surface area contributed by atoms with Crippen LogP contribution < -0.4 is 11.1 Å². The van der Waals surface area contributed by atoms with Crippen molar-refractivity contribution in [1.82, 2.24) is 9.97 Å². The van der Waals surface area contributed by atoms with E-state index in [2.05, 4.69) is 15.3 Å². The Morgan fingerprint density at radius 3 is 2.33 bits per heavy atom. The van der Waals surface area contributed by atoms with Crippen molar-refractivity contribution >= 4 is 17.5 Å². The molecule has 1 aromatic carbocycles. The molecule has 21 heavy (non-hydrogen) atoms. The lowest BCUT2D eigenvalue weighted by Crippen LogP contribution is -2.28. The fourth-order valence-corrected chi connectivity index (χ4v) is 1.59. The highest BCUT2D eigenvalue weighted by molar-refractivity contribution is 5.83. The number of aromatic nitrogens is 2. The quantitative estimate of drug-likeness (QED) is 0.629. The van der Waals surface area contributed by atoms with E-state index in [0.29, 0.717) is 5.56 Å². The molecular weight excluding hydrogens is 281 g/mol. The molecule has 0 fully saturated rings. The van der Waals surface area contributed by atoms with Crippen molar-refractivity contribution < 1.29 is 14.1 Å². The maximum Gasteiger partial charge on any atom is 0.305 e. The molecule has 1 heterocycles. The Labute approximate surface area is 118 Å². The third kappa shape index (κ3) is 3.47. The summed E-state index contributed by atoms with van der Waals surface area (Å²) >= 11 is 0. The Balaban J connectivity index is 2.22. The fourth-order valence-electron chi connectivity index (χ4n) is 1.59. The topological polar surface area (TPSA) is 124 Å². The molecule has 2 rings (SSSR count). The van der Waals surface area contributed by atoms with Crippen molar-refractivity contribution in [3.8, 4) is 0 Å². The number of benzene rings is 1. The van der Waals surface area contributed by atoms with Gasteiger partial charge in [0.1, 0.15) is 24.3 Å². The molecule has 1 atom stereocenters. The first-order valence-electron chi connectivity index (χ1n) is 5.75. The van der Waals surface area contributed by atoms with Crippen LogP contribution in [0.2, 0.25) is 0 Å². The van der Waals surface area contributed by atoms with E-state index in [4.69, 9.17) is 5.73 Å². The summed E-state index contributed by atoms with van der Waals surface area (Å²) in [4.78, 5) is 28.8. The van der Waals surface area contributed by atoms with Crippen molar-refractivity contribution in [2.45, 2.75) is 6.04 Å². The molecular formula is C12H10FN5O3. The lowest BCUT2D eigenvalue weighted by atomic mass is 10.1. The molecule has 9 heteroatoms. The molecule has 8 nitrogen and oxygen atoms in total. The Morgan fingerprint density at radius 2 is 1.86 bits per heavy atom. The average Bonchev–Trinajstić information content (AvgIpc) is 2.46. The van der Waals surface area contributed by atoms with Gasteiger partial charge in [0.05, 0.1) is 4.92 Å². The molecule has 0 aliphatic rings. The average molecular weight is 291 g/mol. The van der Waals surface area contributed by atoms with Gasteiger partial charge in [0.2, 0.25) is 11.9 Å². The molecule has 1 unspecified atom stereocenters. The van der Waals surface area contributed by atoms with Gasteiger partial charge < -0.3 is 11.1 Å². The van der Waals surface area contributed by atoms with Crippen LogP contribution in [0.1, 0.15) is 11.6 Å². The molecule has 0 radical (unpaired) electrons. The first-order chi connectivity index (χ1) is 9.97. The summed E-state index contributed by atoms with van der Waals surface area (Å²) in [5.41, 5.74) is 5.42. The first kappa shape index (κ1) is 14.3. The zero-order chi connectivity index (χ0) is 15.4. The zero-order valence-electron chi connectivity index (χ0n) is 10.6. The summed E-state index contributed by atoms with van der Waals surface area (Å²) in [5.74, 6) is -1.18. The van der Waals surface area contributed by atoms with Gasteiger partial charge in [-0.15, -0.1) is 0 Å². The third-order valence-corrected chi connectivity index (χ3v) is 2.61. The lowest BCUT2D eigenvalue weighted by Gasteiger charge is -2.15. The Bertz CT molecular complexity index is 660. The highest BCUT2D eigenvalue weighted by atomic mass is 19.1. The number of primary amides is 1. The van der Waals surface area contributed by atoms with Gasteiger partial charge in [0.25, 0.3) is 0 Å². The Hall–Kier alpha value is -3.10. The molecule has 2 aromatic rings. The van der Waals surface area contributed by atoms with E-state index in [-0.39, 0.29) is 11.6 Å². The van der Waals surface area contributed by atoms with E-state index >= 15 is 0 Å². The number of rotatable bonds is 5. The SMILES string of the molecule is NC(=O)C(Nc1ncc([N+](=O)[O-])cn1)c1ccc(F)cc1. The highest BCUT2D eigenvalue weighted by Gasteiger charge is 2.19. The Kier molecular flexibility index (Phi) is 4.02. The molecule has 1 amide bonds. The minimum Gasteiger partial charge on any atom is -0.368 e. The maximum absolute atomic E-state index is 12.9. The number of anilines is 1. The number of hydrogen-bond donors (Lipinski definition) is 2. The van der Waals surface area contributed by atoms with Gasteiger partial charge in [-0.25, -0.2) is 14.4 Å². The number of carbonyl (C=O) groups is 1. The van der Waals surface area contributed by atoms with E-state index in [0.717, 1.165) is 12.4 Å². The predicted octanol–water partition coefficient (Wildman–Crippen LogP) is 1.16. The van der Waals surface area contributed by atoms with Gasteiger partial charge in [-0.2, -0.15) is 0 Å². The van der Waals surface area contributed by atoms with Gasteiger partial charge in [0.15, 0.2) is 0 Å². The van der Waals surface area contributed by atoms with Gasteiger partial charge in [-0.05, 0) is 17.7 Å². The second-order valence-electron chi connectivity index (χ2n) is 4.05. The summed E-state index contributed by atoms with van der Waals surface area (Å²) in [5, 5.41) is 13.1. The van der Waals surface area contributed by atoms with E-state index in [1.807, 2.05) is 0 Å². The minimum atomic E-state index is -0.980. The maximum atomic E-state index is 12.9. The van der Waals surface area contributed by atoms with Crippen LogP contribution in [-0.4, -0.2) is 20.8 Å². The minimum absolute atomic E-state index is 0.00581. The van der Waals surface area contributed by atoms with Crippen LogP contribution in [0.3, 0.4) is 0 Å². The number of hydrogen-bond acceptors (Lipinski definition) is 6. The number of nitro groups is 1. The summed E-state index contributed by atoms with van der Waals surface area (Å²) in [6.07, 6.45) is 2.00. The standard InChI is InChI=1S/C12H10FN5O3/c13-8-3-1-7(2-4-8)10(11(14)19)17-12-15-5-9(6-16-12)18(20)21/h1-6,10H,(H2,14,19)(H,15,16,17). The number of nitrogens with one attached hydrogen (secondary N) is 1. The first-order valence-corrected chi connectivity index (χ1v) is 5.75. The summed E-state index contributed by atoms with van der Waals surface area (Å²) in [7, 11) is 0. The Morgan fingerprint density at radius 1 is 1.29 bits per heavy atom. The molecule has 1 aromatic heterocycles. The number of carbonyl (C=O) groups excluding carboxylic acids is 1. The van der Waals surface area contributed by atoms with Crippen molar-refractivity contribution in [2.75, 3.05) is 5.32 Å². The van der Waals surface area contributed by atoms with E-state index in [9.17, 15) is 19.3 Å². The smallest absolute Gasteiger partial charge is 0.305 e. The molecule has 0 spiro atoms. The van der Waals surface area contributed by atoms with Gasteiger partial charge in [0, 0.05) is 0 Å². The van der Waals surface area contributed by atoms with Crippen LogP contribution in [0.25, 0.3) is 0 Å². The molecule has 0 aliphatic heterocycles. The van der Waals surface area contributed by atoms with E-state index in [1.54, 1.807) is 0 Å². The van der Waals surface area contributed by atoms with Crippen LogP contribution in [0, 0.1) is 15.9 Å². The monoisotopic (exact) mass is 291 g/mol. The third-order valence-electron chi connectivity index (χ3n) is 2.61. The van der Waals surface area contributed by atoms with Gasteiger partial charge in [-0.3, -0.25) is 14.9 Å². The lowest BCUT2D eigenvalue weighted by molar-refractivity contribution is -0.385.